The van der Waals surface area contributed by atoms with Gasteiger partial charge < -0.3 is 30.6 Å². The molecular weight excluding hydrogens is 248 g/mol. The molecule has 1 rings (SSSR count). The molecule has 0 fully saturated rings. The van der Waals surface area contributed by atoms with Gasteiger partial charge in [-0.2, -0.15) is 0 Å². The number of hydrogen-bond acceptors (Lipinski definition) is 6. The minimum atomic E-state index is -3.44. The van der Waals surface area contributed by atoms with Gasteiger partial charge in [-0.3, -0.25) is 0 Å². The minimum Gasteiger partial charge on any atom is -0.477 e. The summed E-state index contributed by atoms with van der Waals surface area (Å²) in [5.74, 6) is -11.1. The van der Waals surface area contributed by atoms with Crippen molar-refractivity contribution in [2.24, 2.45) is 0 Å². The van der Waals surface area contributed by atoms with Crippen LogP contribution in [0.4, 0.5) is 0 Å². The van der Waals surface area contributed by atoms with Crippen LogP contribution in [0.2, 0.25) is 0 Å². The monoisotopic (exact) mass is 258 g/mol. The lowest BCUT2D eigenvalue weighted by atomic mass is 9.93. The Hall–Kier alpha value is -2.00. The fraction of sp³-hybridized carbons (Fsp3) is 0.200. The Labute approximate surface area is 100.0 Å². The van der Waals surface area contributed by atoms with Gasteiger partial charge in [-0.1, -0.05) is 24.3 Å². The Morgan fingerprint density at radius 1 is 0.778 bits per heavy atom. The van der Waals surface area contributed by atoms with Gasteiger partial charge in [-0.05, 0) is 0 Å². The van der Waals surface area contributed by atoms with Crippen LogP contribution in [0.3, 0.4) is 0 Å². The van der Waals surface area contributed by atoms with Crippen molar-refractivity contribution in [3.8, 4) is 0 Å². The molecule has 0 spiro atoms. The van der Waals surface area contributed by atoms with E-state index in [4.69, 9.17) is 10.2 Å². The van der Waals surface area contributed by atoms with Crippen molar-refractivity contribution >= 4 is 11.9 Å². The second-order valence-electron chi connectivity index (χ2n) is 3.50. The van der Waals surface area contributed by atoms with E-state index in [0.717, 1.165) is 12.1 Å². The summed E-state index contributed by atoms with van der Waals surface area (Å²) in [6.45, 7) is 0. The number of benzene rings is 1. The van der Waals surface area contributed by atoms with Crippen LogP contribution in [0.15, 0.2) is 24.3 Å². The van der Waals surface area contributed by atoms with Crippen molar-refractivity contribution in [1.29, 1.82) is 0 Å². The predicted octanol–water partition coefficient (Wildman–Crippen LogP) is -1.87. The number of carboxylic acid groups (broad SMARTS) is 2. The lowest BCUT2D eigenvalue weighted by molar-refractivity contribution is -0.218. The maximum atomic E-state index is 10.7. The summed E-state index contributed by atoms with van der Waals surface area (Å²) in [4.78, 5) is 21.3. The molecule has 8 nitrogen and oxygen atoms in total. The van der Waals surface area contributed by atoms with Crippen LogP contribution in [-0.4, -0.2) is 42.6 Å². The van der Waals surface area contributed by atoms with Crippen LogP contribution in [0.25, 0.3) is 0 Å². The van der Waals surface area contributed by atoms with Gasteiger partial charge in [0.1, 0.15) is 0 Å². The smallest absolute Gasteiger partial charge is 0.369 e. The Morgan fingerprint density at radius 3 is 1.28 bits per heavy atom. The Kier molecular flexibility index (Phi) is 3.40. The van der Waals surface area contributed by atoms with Crippen molar-refractivity contribution in [2.75, 3.05) is 0 Å². The van der Waals surface area contributed by atoms with Crippen LogP contribution in [0.1, 0.15) is 11.1 Å². The highest BCUT2D eigenvalue weighted by molar-refractivity contribution is 5.81. The maximum Gasteiger partial charge on any atom is 0.369 e. The molecule has 0 aliphatic rings. The molecular formula is C10H10O8. The number of aliphatic hydroxyl groups is 4. The van der Waals surface area contributed by atoms with E-state index in [1.807, 2.05) is 0 Å². The lowest BCUT2D eigenvalue weighted by Crippen LogP contribution is -2.42. The number of rotatable bonds is 4. The van der Waals surface area contributed by atoms with Crippen LogP contribution in [-0.2, 0) is 21.2 Å². The summed E-state index contributed by atoms with van der Waals surface area (Å²) < 4.78 is 0. The zero-order valence-corrected chi connectivity index (χ0v) is 8.81. The van der Waals surface area contributed by atoms with Gasteiger partial charge >= 0.3 is 11.9 Å². The summed E-state index contributed by atoms with van der Waals surface area (Å²) in [7, 11) is 0. The Bertz CT molecular complexity index is 445. The Balaban J connectivity index is 3.50. The van der Waals surface area contributed by atoms with Gasteiger partial charge in [0.2, 0.25) is 0 Å². The zero-order valence-electron chi connectivity index (χ0n) is 8.81. The molecule has 0 amide bonds. The molecule has 0 aliphatic heterocycles. The second kappa shape index (κ2) is 4.35. The third kappa shape index (κ3) is 2.17. The largest absolute Gasteiger partial charge is 0.477 e. The highest BCUT2D eigenvalue weighted by atomic mass is 16.6. The van der Waals surface area contributed by atoms with E-state index in [0.29, 0.717) is 0 Å². The zero-order chi connectivity index (χ0) is 14.1. The van der Waals surface area contributed by atoms with Gasteiger partial charge in [0, 0.05) is 11.1 Å². The molecule has 1 aromatic rings. The van der Waals surface area contributed by atoms with Gasteiger partial charge in [0.25, 0.3) is 11.6 Å². The van der Waals surface area contributed by atoms with E-state index in [1.54, 1.807) is 0 Å². The molecule has 1 aromatic carbocycles. The van der Waals surface area contributed by atoms with E-state index in [-0.39, 0.29) is 0 Å². The Morgan fingerprint density at radius 2 is 1.06 bits per heavy atom. The standard InChI is InChI=1S/C10H10O8/c11-7(12)9(15,16)5-3-1-2-4-6(5)10(17,18)8(13)14/h1-4,15-18H,(H,11,12)(H,13,14). The third-order valence-electron chi connectivity index (χ3n) is 2.27. The normalized spacial score (nSPS) is 12.2. The second-order valence-corrected chi connectivity index (χ2v) is 3.50. The minimum absolute atomic E-state index is 0.855. The van der Waals surface area contributed by atoms with Crippen LogP contribution < -0.4 is 0 Å². The topological polar surface area (TPSA) is 156 Å². The quantitative estimate of drug-likeness (QED) is 0.343. The molecule has 0 atom stereocenters. The molecule has 8 heteroatoms. The predicted molar refractivity (Wildman–Crippen MR) is 53.9 cm³/mol. The molecule has 98 valence electrons. The van der Waals surface area contributed by atoms with Crippen LogP contribution in [0.5, 0.6) is 0 Å². The van der Waals surface area contributed by atoms with Crippen LogP contribution in [0, 0.1) is 0 Å². The third-order valence-corrected chi connectivity index (χ3v) is 2.27. The summed E-state index contributed by atoms with van der Waals surface area (Å²) in [6, 6.07) is 4.07. The first-order chi connectivity index (χ1) is 8.11. The SMILES string of the molecule is O=C(O)C(O)(O)c1ccccc1C(O)(O)C(=O)O. The molecule has 0 aliphatic carbocycles. The molecule has 18 heavy (non-hydrogen) atoms. The van der Waals surface area contributed by atoms with E-state index < -0.39 is 34.6 Å². The van der Waals surface area contributed by atoms with E-state index >= 15 is 0 Å². The average molecular weight is 258 g/mol. The van der Waals surface area contributed by atoms with E-state index in [9.17, 15) is 30.0 Å². The number of hydrogen-bond donors (Lipinski definition) is 6. The molecule has 0 unspecified atom stereocenters. The van der Waals surface area contributed by atoms with Gasteiger partial charge in [-0.15, -0.1) is 0 Å². The van der Waals surface area contributed by atoms with Crippen molar-refractivity contribution in [3.63, 3.8) is 0 Å². The number of carboxylic acids is 2. The number of aliphatic carboxylic acids is 2. The average Bonchev–Trinajstić information content (AvgIpc) is 2.28. The highest BCUT2D eigenvalue weighted by Gasteiger charge is 2.45. The molecule has 0 saturated carbocycles. The summed E-state index contributed by atoms with van der Waals surface area (Å²) in [6.07, 6.45) is 0. The van der Waals surface area contributed by atoms with Crippen LogP contribution >= 0.6 is 0 Å². The number of carbonyl (C=O) groups is 2. The molecule has 0 saturated heterocycles. The van der Waals surface area contributed by atoms with E-state index in [2.05, 4.69) is 0 Å². The van der Waals surface area contributed by atoms with Gasteiger partial charge in [-0.25, -0.2) is 9.59 Å². The summed E-state index contributed by atoms with van der Waals surface area (Å²) >= 11 is 0. The molecule has 6 N–H and O–H groups in total. The van der Waals surface area contributed by atoms with Crippen molar-refractivity contribution in [3.05, 3.63) is 35.4 Å². The van der Waals surface area contributed by atoms with Crippen molar-refractivity contribution in [2.45, 2.75) is 11.6 Å². The summed E-state index contributed by atoms with van der Waals surface area (Å²) in [5, 5.41) is 54.5. The molecule has 0 aromatic heterocycles. The fourth-order valence-electron chi connectivity index (χ4n) is 1.32. The van der Waals surface area contributed by atoms with Crippen molar-refractivity contribution in [1.82, 2.24) is 0 Å². The van der Waals surface area contributed by atoms with Gasteiger partial charge in [0.05, 0.1) is 0 Å². The fourth-order valence-corrected chi connectivity index (χ4v) is 1.32. The summed E-state index contributed by atoms with van der Waals surface area (Å²) in [5.41, 5.74) is -1.71. The first-order valence-electron chi connectivity index (χ1n) is 4.58. The molecule has 0 bridgehead atoms. The first-order valence-corrected chi connectivity index (χ1v) is 4.58. The lowest BCUT2D eigenvalue weighted by Gasteiger charge is -2.25. The molecule has 0 heterocycles. The first kappa shape index (κ1) is 14.1. The highest BCUT2D eigenvalue weighted by Crippen LogP contribution is 2.29. The molecule has 0 radical (unpaired) electrons. The van der Waals surface area contributed by atoms with E-state index in [1.165, 1.54) is 12.1 Å². The van der Waals surface area contributed by atoms with Crippen molar-refractivity contribution < 1.29 is 40.2 Å². The van der Waals surface area contributed by atoms with Gasteiger partial charge in [0.15, 0.2) is 0 Å². The maximum absolute atomic E-state index is 10.7.